The Bertz CT molecular complexity index is 262. The molecule has 0 rings (SSSR count). The minimum absolute atomic E-state index is 0. The molecule has 0 aliphatic rings. The molecule has 0 N–H and O–H groups in total. The molecular weight excluding hydrogens is 366 g/mol. The van der Waals surface area contributed by atoms with Crippen LogP contribution in [-0.4, -0.2) is 29.5 Å². The highest BCUT2D eigenvalue weighted by molar-refractivity contribution is 8.13. The van der Waals surface area contributed by atoms with Crippen molar-refractivity contribution in [1.82, 2.24) is 0 Å². The van der Waals surface area contributed by atoms with E-state index in [9.17, 15) is 0 Å². The van der Waals surface area contributed by atoms with Crippen LogP contribution in [0.25, 0.3) is 0 Å². The van der Waals surface area contributed by atoms with E-state index in [4.69, 9.17) is 0 Å². The van der Waals surface area contributed by atoms with Crippen LogP contribution < -0.4 is 17.0 Å². The summed E-state index contributed by atoms with van der Waals surface area (Å²) in [6, 6.07) is 0. The van der Waals surface area contributed by atoms with Gasteiger partial charge in [0.1, 0.15) is 14.1 Å². The van der Waals surface area contributed by atoms with E-state index in [-0.39, 0.29) is 17.0 Å². The van der Waals surface area contributed by atoms with Gasteiger partial charge in [-0.1, -0.05) is 102 Å². The number of rotatable bonds is 15. The lowest BCUT2D eigenvalue weighted by molar-refractivity contribution is -0.461. The summed E-state index contributed by atoms with van der Waals surface area (Å²) in [5, 5.41) is 1.44. The van der Waals surface area contributed by atoms with Gasteiger partial charge in [0, 0.05) is 12.7 Å². The Balaban J connectivity index is 0. The summed E-state index contributed by atoms with van der Waals surface area (Å²) in [4.78, 5) is 0. The molecule has 0 spiro atoms. The van der Waals surface area contributed by atoms with E-state index >= 15 is 0 Å². The molecule has 0 aliphatic heterocycles. The molecule has 1 nitrogen and oxygen atoms in total. The number of unbranched alkanes of at least 4 members (excludes halogenated alkanes) is 13. The maximum absolute atomic E-state index is 2.29. The quantitative estimate of drug-likeness (QED) is 0.172. The van der Waals surface area contributed by atoms with Crippen molar-refractivity contribution in [3.05, 3.63) is 0 Å². The molecule has 0 radical (unpaired) electrons. The number of thioether (sulfide) groups is 1. The van der Waals surface area contributed by atoms with Crippen molar-refractivity contribution in [3.8, 4) is 0 Å². The monoisotopic (exact) mass is 407 g/mol. The van der Waals surface area contributed by atoms with Crippen molar-refractivity contribution in [2.45, 2.75) is 104 Å². The van der Waals surface area contributed by atoms with Crippen molar-refractivity contribution in [1.29, 1.82) is 0 Å². The number of hydrogen-bond donors (Lipinski definition) is 0. The summed E-state index contributed by atoms with van der Waals surface area (Å²) >= 11 is 2.01. The zero-order valence-electron chi connectivity index (χ0n) is 16.3. The van der Waals surface area contributed by atoms with Gasteiger partial charge in [0.15, 0.2) is 0 Å². The molecule has 0 aromatic carbocycles. The molecule has 0 aliphatic carbocycles. The summed E-state index contributed by atoms with van der Waals surface area (Å²) in [5.74, 6) is 1.29. The van der Waals surface area contributed by atoms with Gasteiger partial charge in [-0.15, -0.1) is 0 Å². The van der Waals surface area contributed by atoms with Gasteiger partial charge in [0.05, 0.1) is 0 Å². The van der Waals surface area contributed by atoms with E-state index in [1.54, 1.807) is 0 Å². The molecule has 23 heavy (non-hydrogen) atoms. The molecule has 0 aromatic rings. The lowest BCUT2D eigenvalue weighted by Crippen LogP contribution is -3.00. The standard InChI is InChI=1S/C20H42NS.BrH/c1-5-6-7-8-9-10-11-12-13-14-15-16-17-18-19-22-20(2)21(3)4;/h5-19H2,1-4H3;1H/q+1;/p-1. The summed E-state index contributed by atoms with van der Waals surface area (Å²) in [5.41, 5.74) is 0. The number of nitrogens with zero attached hydrogens (tertiary/aromatic N) is 1. The second kappa shape index (κ2) is 20.5. The molecule has 0 saturated carbocycles. The lowest BCUT2D eigenvalue weighted by atomic mass is 10.0. The molecule has 3 heteroatoms. The van der Waals surface area contributed by atoms with Crippen LogP contribution in [0.5, 0.6) is 0 Å². The second-order valence-electron chi connectivity index (χ2n) is 6.86. The van der Waals surface area contributed by atoms with E-state index in [0.717, 1.165) is 0 Å². The minimum Gasteiger partial charge on any atom is -1.00 e. The fourth-order valence-corrected chi connectivity index (χ4v) is 3.55. The maximum Gasteiger partial charge on any atom is 0.206 e. The predicted octanol–water partition coefficient (Wildman–Crippen LogP) is 3.90. The van der Waals surface area contributed by atoms with Crippen LogP contribution in [0, 0.1) is 0 Å². The smallest absolute Gasteiger partial charge is 0.206 e. The van der Waals surface area contributed by atoms with Gasteiger partial charge in [-0.3, -0.25) is 0 Å². The predicted molar refractivity (Wildman–Crippen MR) is 106 cm³/mol. The Labute approximate surface area is 161 Å². The second-order valence-corrected chi connectivity index (χ2v) is 8.15. The van der Waals surface area contributed by atoms with E-state index < -0.39 is 0 Å². The summed E-state index contributed by atoms with van der Waals surface area (Å²) in [6.07, 6.45) is 20.3. The third-order valence-corrected chi connectivity index (χ3v) is 5.71. The molecule has 0 saturated heterocycles. The van der Waals surface area contributed by atoms with Crippen LogP contribution in [0.15, 0.2) is 0 Å². The Morgan fingerprint density at radius 1 is 0.652 bits per heavy atom. The largest absolute Gasteiger partial charge is 1.00 e. The zero-order valence-corrected chi connectivity index (χ0v) is 18.7. The Morgan fingerprint density at radius 3 is 1.35 bits per heavy atom. The highest BCUT2D eigenvalue weighted by Crippen LogP contribution is 2.14. The number of halogens is 1. The molecular formula is C20H42BrNS. The fraction of sp³-hybridized carbons (Fsp3) is 0.950. The highest BCUT2D eigenvalue weighted by Gasteiger charge is 2.00. The van der Waals surface area contributed by atoms with E-state index in [2.05, 4.69) is 32.5 Å². The van der Waals surface area contributed by atoms with Gasteiger partial charge >= 0.3 is 0 Å². The molecule has 0 bridgehead atoms. The first-order chi connectivity index (χ1) is 10.7. The lowest BCUT2D eigenvalue weighted by Gasteiger charge is -2.03. The molecule has 0 fully saturated rings. The minimum atomic E-state index is 0. The molecule has 0 unspecified atom stereocenters. The first-order valence-electron chi connectivity index (χ1n) is 9.82. The molecule has 0 heterocycles. The van der Waals surface area contributed by atoms with Crippen LogP contribution >= 0.6 is 11.8 Å². The molecule has 0 amide bonds. The summed E-state index contributed by atoms with van der Waals surface area (Å²) in [6.45, 7) is 4.51. The summed E-state index contributed by atoms with van der Waals surface area (Å²) in [7, 11) is 4.26. The fourth-order valence-electron chi connectivity index (χ4n) is 2.65. The normalized spacial score (nSPS) is 10.4. The van der Waals surface area contributed by atoms with Crippen molar-refractivity contribution in [3.63, 3.8) is 0 Å². The van der Waals surface area contributed by atoms with Crippen molar-refractivity contribution in [2.24, 2.45) is 0 Å². The van der Waals surface area contributed by atoms with Gasteiger partial charge in [0.2, 0.25) is 5.04 Å². The van der Waals surface area contributed by atoms with Gasteiger partial charge < -0.3 is 17.0 Å². The van der Waals surface area contributed by atoms with E-state index in [1.165, 1.54) is 101 Å². The van der Waals surface area contributed by atoms with Crippen LogP contribution in [0.4, 0.5) is 0 Å². The first kappa shape index (κ1) is 25.7. The molecule has 0 atom stereocenters. The van der Waals surface area contributed by atoms with Crippen molar-refractivity contribution in [2.75, 3.05) is 19.8 Å². The molecule has 140 valence electrons. The van der Waals surface area contributed by atoms with Gasteiger partial charge in [0.25, 0.3) is 0 Å². The SMILES string of the molecule is CCCCCCCCCCCCCCCCSC(C)=[N+](C)C.[Br-]. The number of hydrogen-bond acceptors (Lipinski definition) is 1. The Kier molecular flexibility index (Phi) is 23.0. The third-order valence-electron chi connectivity index (χ3n) is 4.44. The van der Waals surface area contributed by atoms with Crippen LogP contribution in [0.3, 0.4) is 0 Å². The zero-order chi connectivity index (χ0) is 16.5. The van der Waals surface area contributed by atoms with Gasteiger partial charge in [-0.25, -0.2) is 4.58 Å². The highest BCUT2D eigenvalue weighted by atomic mass is 79.9. The Morgan fingerprint density at radius 2 is 1.00 bits per heavy atom. The van der Waals surface area contributed by atoms with Crippen LogP contribution in [0.1, 0.15) is 104 Å². The van der Waals surface area contributed by atoms with Gasteiger partial charge in [-0.05, 0) is 6.42 Å². The molecule has 0 aromatic heterocycles. The van der Waals surface area contributed by atoms with Crippen LogP contribution in [-0.2, 0) is 0 Å². The van der Waals surface area contributed by atoms with Crippen LogP contribution in [0.2, 0.25) is 0 Å². The van der Waals surface area contributed by atoms with Gasteiger partial charge in [-0.2, -0.15) is 0 Å². The maximum atomic E-state index is 2.29. The summed E-state index contributed by atoms with van der Waals surface area (Å²) < 4.78 is 2.22. The topological polar surface area (TPSA) is 3.01 Å². The van der Waals surface area contributed by atoms with E-state index in [0.29, 0.717) is 0 Å². The average Bonchev–Trinajstić information content (AvgIpc) is 2.50. The Hall–Kier alpha value is 0.500. The van der Waals surface area contributed by atoms with E-state index in [1.807, 2.05) is 11.8 Å². The van der Waals surface area contributed by atoms with Crippen molar-refractivity contribution < 1.29 is 21.6 Å². The average molecular weight is 409 g/mol. The first-order valence-corrected chi connectivity index (χ1v) is 10.8. The van der Waals surface area contributed by atoms with Crippen molar-refractivity contribution >= 4 is 16.8 Å². The third kappa shape index (κ3) is 20.5.